The van der Waals surface area contributed by atoms with Crippen LogP contribution in [0.4, 0.5) is 5.69 Å². The van der Waals surface area contributed by atoms with Crippen LogP contribution >= 0.6 is 0 Å². The van der Waals surface area contributed by atoms with Gasteiger partial charge in [0, 0.05) is 19.5 Å². The predicted molar refractivity (Wildman–Crippen MR) is 110 cm³/mol. The Morgan fingerprint density at radius 1 is 1.04 bits per heavy atom. The second-order valence-corrected chi connectivity index (χ2v) is 8.89. The highest BCUT2D eigenvalue weighted by Crippen LogP contribution is 2.21. The van der Waals surface area contributed by atoms with Crippen molar-refractivity contribution in [2.75, 3.05) is 17.1 Å². The number of anilines is 1. The molecular formula is C21H28N2O3S. The molecule has 0 saturated heterocycles. The van der Waals surface area contributed by atoms with E-state index in [0.29, 0.717) is 18.7 Å². The number of nitrogens with one attached hydrogen (secondary N) is 1. The summed E-state index contributed by atoms with van der Waals surface area (Å²) in [6, 6.07) is 13.6. The van der Waals surface area contributed by atoms with Crippen LogP contribution in [0.1, 0.15) is 35.1 Å². The van der Waals surface area contributed by atoms with Crippen LogP contribution in [0.3, 0.4) is 0 Å². The summed E-state index contributed by atoms with van der Waals surface area (Å²) in [5.74, 6) is -0.0767. The average molecular weight is 389 g/mol. The number of amides is 1. The molecule has 0 aliphatic rings. The van der Waals surface area contributed by atoms with Gasteiger partial charge in [-0.1, -0.05) is 30.3 Å². The van der Waals surface area contributed by atoms with Crippen LogP contribution in [0.2, 0.25) is 0 Å². The van der Waals surface area contributed by atoms with Gasteiger partial charge in [0.25, 0.3) is 0 Å². The van der Waals surface area contributed by atoms with Gasteiger partial charge in [0.2, 0.25) is 15.9 Å². The molecule has 0 fully saturated rings. The molecule has 0 heterocycles. The Labute approximate surface area is 162 Å². The quantitative estimate of drug-likeness (QED) is 0.753. The molecule has 1 amide bonds. The lowest BCUT2D eigenvalue weighted by atomic mass is 10.1. The van der Waals surface area contributed by atoms with Gasteiger partial charge in [-0.2, -0.15) is 0 Å². The van der Waals surface area contributed by atoms with E-state index in [1.165, 1.54) is 10.6 Å². The summed E-state index contributed by atoms with van der Waals surface area (Å²) in [4.78, 5) is 12.1. The van der Waals surface area contributed by atoms with Crippen LogP contribution in [-0.4, -0.2) is 27.1 Å². The maximum Gasteiger partial charge on any atom is 0.232 e. The zero-order valence-corrected chi connectivity index (χ0v) is 17.3. The molecule has 2 aromatic rings. The van der Waals surface area contributed by atoms with E-state index >= 15 is 0 Å². The smallest absolute Gasteiger partial charge is 0.232 e. The minimum Gasteiger partial charge on any atom is -0.352 e. The molecule has 0 spiro atoms. The van der Waals surface area contributed by atoms with Crippen molar-refractivity contribution in [3.8, 4) is 0 Å². The van der Waals surface area contributed by atoms with Crippen LogP contribution in [-0.2, 0) is 21.4 Å². The number of hydrogen-bond donors (Lipinski definition) is 1. The van der Waals surface area contributed by atoms with Crippen LogP contribution in [0, 0.1) is 20.8 Å². The Kier molecular flexibility index (Phi) is 7.02. The first-order valence-electron chi connectivity index (χ1n) is 9.04. The van der Waals surface area contributed by atoms with Gasteiger partial charge < -0.3 is 5.32 Å². The van der Waals surface area contributed by atoms with E-state index in [4.69, 9.17) is 0 Å². The molecule has 0 saturated carbocycles. The van der Waals surface area contributed by atoms with Crippen molar-refractivity contribution < 1.29 is 13.2 Å². The van der Waals surface area contributed by atoms with E-state index in [1.54, 1.807) is 0 Å². The van der Waals surface area contributed by atoms with Crippen LogP contribution < -0.4 is 9.62 Å². The summed E-state index contributed by atoms with van der Waals surface area (Å²) < 4.78 is 25.8. The Morgan fingerprint density at radius 2 is 1.67 bits per heavy atom. The highest BCUT2D eigenvalue weighted by Gasteiger charge is 2.18. The van der Waals surface area contributed by atoms with Gasteiger partial charge in [-0.25, -0.2) is 8.42 Å². The molecule has 2 aromatic carbocycles. The molecule has 5 nitrogen and oxygen atoms in total. The van der Waals surface area contributed by atoms with E-state index in [2.05, 4.69) is 5.32 Å². The summed E-state index contributed by atoms with van der Waals surface area (Å²) in [5, 5.41) is 2.90. The number of rotatable bonds is 8. The maximum absolute atomic E-state index is 12.2. The maximum atomic E-state index is 12.2. The standard InChI is InChI=1S/C21H28N2O3S/c1-16-12-17(2)14-20(13-16)23(27(4,25)26)11-7-10-21(24)22-15-19-9-6-5-8-18(19)3/h5-6,8-9,12-14H,7,10-11,15H2,1-4H3,(H,22,24). The van der Waals surface area contributed by atoms with Gasteiger partial charge in [0.1, 0.15) is 0 Å². The molecule has 0 aromatic heterocycles. The van der Waals surface area contributed by atoms with Crippen molar-refractivity contribution in [1.29, 1.82) is 0 Å². The highest BCUT2D eigenvalue weighted by atomic mass is 32.2. The normalized spacial score (nSPS) is 11.3. The molecular weight excluding hydrogens is 360 g/mol. The number of carbonyl (C=O) groups excluding carboxylic acids is 1. The monoisotopic (exact) mass is 388 g/mol. The minimum atomic E-state index is -3.41. The zero-order chi connectivity index (χ0) is 20.0. The number of carbonyl (C=O) groups is 1. The first-order chi connectivity index (χ1) is 12.7. The third-order valence-electron chi connectivity index (χ3n) is 4.40. The average Bonchev–Trinajstić information content (AvgIpc) is 2.56. The van der Waals surface area contributed by atoms with E-state index in [1.807, 2.05) is 63.2 Å². The van der Waals surface area contributed by atoms with Gasteiger partial charge in [-0.15, -0.1) is 0 Å². The first kappa shape index (κ1) is 21.0. The molecule has 27 heavy (non-hydrogen) atoms. The van der Waals surface area contributed by atoms with Crippen molar-refractivity contribution in [3.63, 3.8) is 0 Å². The summed E-state index contributed by atoms with van der Waals surface area (Å²) in [6.45, 7) is 6.65. The van der Waals surface area contributed by atoms with E-state index in [9.17, 15) is 13.2 Å². The Hall–Kier alpha value is -2.34. The number of hydrogen-bond acceptors (Lipinski definition) is 3. The highest BCUT2D eigenvalue weighted by molar-refractivity contribution is 7.92. The summed E-state index contributed by atoms with van der Waals surface area (Å²) in [6.07, 6.45) is 1.94. The van der Waals surface area contributed by atoms with E-state index < -0.39 is 10.0 Å². The molecule has 146 valence electrons. The van der Waals surface area contributed by atoms with E-state index in [-0.39, 0.29) is 18.9 Å². The minimum absolute atomic E-state index is 0.0767. The number of nitrogens with zero attached hydrogens (tertiary/aromatic N) is 1. The van der Waals surface area contributed by atoms with Gasteiger partial charge in [0.15, 0.2) is 0 Å². The lowest BCUT2D eigenvalue weighted by Gasteiger charge is -2.23. The Morgan fingerprint density at radius 3 is 2.26 bits per heavy atom. The largest absolute Gasteiger partial charge is 0.352 e. The fourth-order valence-electron chi connectivity index (χ4n) is 3.05. The van der Waals surface area contributed by atoms with Gasteiger partial charge >= 0.3 is 0 Å². The Bertz CT molecular complexity index is 887. The van der Waals surface area contributed by atoms with Crippen molar-refractivity contribution in [2.24, 2.45) is 0 Å². The fraction of sp³-hybridized carbons (Fsp3) is 0.381. The molecule has 0 atom stereocenters. The molecule has 0 unspecified atom stereocenters. The van der Waals surface area contributed by atoms with Crippen molar-refractivity contribution in [3.05, 3.63) is 64.7 Å². The topological polar surface area (TPSA) is 66.5 Å². The van der Waals surface area contributed by atoms with Crippen LogP contribution in [0.15, 0.2) is 42.5 Å². The summed E-state index contributed by atoms with van der Waals surface area (Å²) in [5.41, 5.74) is 4.88. The van der Waals surface area contributed by atoms with Crippen molar-refractivity contribution >= 4 is 21.6 Å². The SMILES string of the molecule is Cc1cc(C)cc(N(CCCC(=O)NCc2ccccc2C)S(C)(=O)=O)c1. The van der Waals surface area contributed by atoms with Crippen LogP contribution in [0.25, 0.3) is 0 Å². The van der Waals surface area contributed by atoms with E-state index in [0.717, 1.165) is 22.3 Å². The molecule has 2 rings (SSSR count). The molecule has 0 aliphatic carbocycles. The first-order valence-corrected chi connectivity index (χ1v) is 10.9. The number of aryl methyl sites for hydroxylation is 3. The third kappa shape index (κ3) is 6.40. The fourth-order valence-corrected chi connectivity index (χ4v) is 4.00. The number of benzene rings is 2. The van der Waals surface area contributed by atoms with Crippen molar-refractivity contribution in [2.45, 2.75) is 40.2 Å². The zero-order valence-electron chi connectivity index (χ0n) is 16.5. The van der Waals surface area contributed by atoms with Gasteiger partial charge in [-0.3, -0.25) is 9.10 Å². The second kappa shape index (κ2) is 9.04. The molecule has 1 N–H and O–H groups in total. The van der Waals surface area contributed by atoms with Gasteiger partial charge in [0.05, 0.1) is 11.9 Å². The summed E-state index contributed by atoms with van der Waals surface area (Å²) >= 11 is 0. The van der Waals surface area contributed by atoms with Crippen molar-refractivity contribution in [1.82, 2.24) is 5.32 Å². The lowest BCUT2D eigenvalue weighted by Crippen LogP contribution is -2.32. The lowest BCUT2D eigenvalue weighted by molar-refractivity contribution is -0.121. The molecule has 6 heteroatoms. The molecule has 0 radical (unpaired) electrons. The third-order valence-corrected chi connectivity index (χ3v) is 5.59. The second-order valence-electron chi connectivity index (χ2n) is 6.99. The molecule has 0 bridgehead atoms. The van der Waals surface area contributed by atoms with Crippen LogP contribution in [0.5, 0.6) is 0 Å². The van der Waals surface area contributed by atoms with Gasteiger partial charge in [-0.05, 0) is 61.6 Å². The Balaban J connectivity index is 1.94. The number of sulfonamides is 1. The summed E-state index contributed by atoms with van der Waals surface area (Å²) in [7, 11) is -3.41. The predicted octanol–water partition coefficient (Wildman–Crippen LogP) is 3.47. The molecule has 0 aliphatic heterocycles.